The molecule has 2 fully saturated rings. The van der Waals surface area contributed by atoms with Gasteiger partial charge >= 0.3 is 11.8 Å². The van der Waals surface area contributed by atoms with Crippen LogP contribution in [-0.4, -0.2) is 84.9 Å². The summed E-state index contributed by atoms with van der Waals surface area (Å²) >= 11 is 0. The number of nitrogens with one attached hydrogen (secondary N) is 4. The fourth-order valence-corrected chi connectivity index (χ4v) is 4.22. The van der Waals surface area contributed by atoms with Crippen LogP contribution in [-0.2, 0) is 14.3 Å². The molecule has 2 amide bonds. The van der Waals surface area contributed by atoms with E-state index in [0.29, 0.717) is 13.1 Å². The molecular formula is C22H37N5O3+2. The zero-order chi connectivity index (χ0) is 21.5. The Bertz CT molecular complexity index is 695. The van der Waals surface area contributed by atoms with Crippen molar-refractivity contribution in [2.24, 2.45) is 0 Å². The summed E-state index contributed by atoms with van der Waals surface area (Å²) in [6, 6.07) is 8.63. The predicted molar refractivity (Wildman–Crippen MR) is 116 cm³/mol. The highest BCUT2D eigenvalue weighted by atomic mass is 16.5. The highest BCUT2D eigenvalue weighted by Gasteiger charge is 2.30. The van der Waals surface area contributed by atoms with Crippen molar-refractivity contribution in [1.29, 1.82) is 0 Å². The van der Waals surface area contributed by atoms with E-state index in [0.717, 1.165) is 51.3 Å². The van der Waals surface area contributed by atoms with Gasteiger partial charge < -0.3 is 30.1 Å². The Morgan fingerprint density at radius 3 is 2.37 bits per heavy atom. The van der Waals surface area contributed by atoms with Gasteiger partial charge in [0.25, 0.3) is 0 Å². The highest BCUT2D eigenvalue weighted by molar-refractivity contribution is 6.35. The molecule has 30 heavy (non-hydrogen) atoms. The van der Waals surface area contributed by atoms with Crippen molar-refractivity contribution >= 4 is 17.5 Å². The first-order valence-electron chi connectivity index (χ1n) is 11.0. The Kier molecular flexibility index (Phi) is 8.07. The number of carbonyl (C=O) groups excluding carboxylic acids is 2. The van der Waals surface area contributed by atoms with Crippen molar-refractivity contribution in [3.63, 3.8) is 0 Å². The topological polar surface area (TPSA) is 79.5 Å². The van der Waals surface area contributed by atoms with E-state index in [9.17, 15) is 9.59 Å². The van der Waals surface area contributed by atoms with Gasteiger partial charge in [-0.1, -0.05) is 12.1 Å². The summed E-state index contributed by atoms with van der Waals surface area (Å²) in [4.78, 5) is 29.6. The number of quaternary nitrogens is 2. The lowest BCUT2D eigenvalue weighted by Gasteiger charge is -2.33. The summed E-state index contributed by atoms with van der Waals surface area (Å²) in [5.74, 6) is -1.15. The monoisotopic (exact) mass is 419 g/mol. The van der Waals surface area contributed by atoms with Crippen LogP contribution in [0, 0.1) is 0 Å². The summed E-state index contributed by atoms with van der Waals surface area (Å²) in [5.41, 5.74) is 2.34. The van der Waals surface area contributed by atoms with Gasteiger partial charge in [0.15, 0.2) is 0 Å². The quantitative estimate of drug-likeness (QED) is 0.372. The number of hydrogen-bond donors (Lipinski definition) is 4. The smallest absolute Gasteiger partial charge is 0.309 e. The van der Waals surface area contributed by atoms with E-state index in [2.05, 4.69) is 46.8 Å². The van der Waals surface area contributed by atoms with Crippen LogP contribution in [0.15, 0.2) is 24.3 Å². The van der Waals surface area contributed by atoms with Crippen molar-refractivity contribution in [3.8, 4) is 0 Å². The maximum absolute atomic E-state index is 12.4. The molecule has 0 aromatic heterocycles. The summed E-state index contributed by atoms with van der Waals surface area (Å²) < 4.78 is 5.50. The minimum absolute atomic E-state index is 0.0296. The molecule has 2 saturated heterocycles. The second-order valence-corrected chi connectivity index (χ2v) is 8.71. The van der Waals surface area contributed by atoms with E-state index in [1.165, 1.54) is 15.4 Å². The zero-order valence-corrected chi connectivity index (χ0v) is 18.5. The lowest BCUT2D eigenvalue weighted by Crippen LogP contribution is -3.27. The van der Waals surface area contributed by atoms with Crippen LogP contribution in [0.1, 0.15) is 24.4 Å². The number of nitrogens with zero attached hydrogens (tertiary/aromatic N) is 1. The highest BCUT2D eigenvalue weighted by Crippen LogP contribution is 2.16. The average Bonchev–Trinajstić information content (AvgIpc) is 3.27. The van der Waals surface area contributed by atoms with Crippen LogP contribution >= 0.6 is 0 Å². The Labute approximate surface area is 179 Å². The molecule has 0 bridgehead atoms. The van der Waals surface area contributed by atoms with Gasteiger partial charge in [0.2, 0.25) is 0 Å². The molecule has 1 aromatic carbocycles. The molecule has 2 aliphatic rings. The van der Waals surface area contributed by atoms with E-state index >= 15 is 0 Å². The number of benzene rings is 1. The van der Waals surface area contributed by atoms with Crippen molar-refractivity contribution in [2.45, 2.75) is 25.0 Å². The first kappa shape index (κ1) is 22.5. The second-order valence-electron chi connectivity index (χ2n) is 8.71. The van der Waals surface area contributed by atoms with E-state index in [1.54, 1.807) is 0 Å². The standard InChI is InChI=1S/C22H35N5O3/c1-25(2)18-8-6-17(7-9-18)20(27-12-10-26(3)11-13-27)16-24-22(29)21(28)23-15-19-5-4-14-30-19/h6-9,19-20H,4-5,10-16H2,1-3H3,(H,23,28)(H,24,29)/p+2/t19-,20+/m0/s1. The van der Waals surface area contributed by atoms with Gasteiger partial charge in [-0.3, -0.25) is 9.59 Å². The summed E-state index contributed by atoms with van der Waals surface area (Å²) in [6.07, 6.45) is 1.97. The molecule has 8 nitrogen and oxygen atoms in total. The summed E-state index contributed by atoms with van der Waals surface area (Å²) in [5, 5.41) is 5.57. The molecule has 0 unspecified atom stereocenters. The molecular weight excluding hydrogens is 382 g/mol. The van der Waals surface area contributed by atoms with Gasteiger partial charge in [0.1, 0.15) is 32.2 Å². The van der Waals surface area contributed by atoms with E-state index < -0.39 is 11.8 Å². The van der Waals surface area contributed by atoms with Crippen LogP contribution < -0.4 is 25.3 Å². The molecule has 0 saturated carbocycles. The average molecular weight is 420 g/mol. The maximum atomic E-state index is 12.4. The number of carbonyl (C=O) groups is 2. The van der Waals surface area contributed by atoms with Crippen LogP contribution in [0.25, 0.3) is 0 Å². The lowest BCUT2D eigenvalue weighted by atomic mass is 10.0. The van der Waals surface area contributed by atoms with Crippen LogP contribution in [0.5, 0.6) is 0 Å². The Morgan fingerprint density at radius 2 is 1.77 bits per heavy atom. The van der Waals surface area contributed by atoms with Crippen molar-refractivity contribution < 1.29 is 24.1 Å². The largest absolute Gasteiger partial charge is 0.378 e. The number of anilines is 1. The Morgan fingerprint density at radius 1 is 1.10 bits per heavy atom. The molecule has 4 N–H and O–H groups in total. The molecule has 8 heteroatoms. The van der Waals surface area contributed by atoms with Crippen LogP contribution in [0.3, 0.4) is 0 Å². The molecule has 166 valence electrons. The zero-order valence-electron chi connectivity index (χ0n) is 18.5. The molecule has 3 rings (SSSR count). The van der Waals surface area contributed by atoms with Gasteiger partial charge in [-0.15, -0.1) is 0 Å². The lowest BCUT2D eigenvalue weighted by molar-refractivity contribution is -1.02. The molecule has 0 spiro atoms. The van der Waals surface area contributed by atoms with E-state index in [1.807, 2.05) is 14.1 Å². The third-order valence-corrected chi connectivity index (χ3v) is 6.24. The van der Waals surface area contributed by atoms with E-state index in [4.69, 9.17) is 4.74 Å². The molecule has 2 heterocycles. The third-order valence-electron chi connectivity index (χ3n) is 6.24. The summed E-state index contributed by atoms with van der Waals surface area (Å²) in [6.45, 7) is 5.89. The minimum Gasteiger partial charge on any atom is -0.378 e. The number of likely N-dealkylation sites (N-methyl/N-ethyl adjacent to an activating group) is 1. The normalized spacial score (nSPS) is 24.8. The van der Waals surface area contributed by atoms with Gasteiger partial charge in [-0.05, 0) is 25.0 Å². The van der Waals surface area contributed by atoms with E-state index in [-0.39, 0.29) is 12.1 Å². The van der Waals surface area contributed by atoms with Gasteiger partial charge in [0.05, 0.1) is 19.7 Å². The SMILES string of the molecule is CN(C)c1ccc([C@@H](CNC(=O)C(=O)NC[C@@H]2CCCO2)[NH+]2CC[NH+](C)CC2)cc1. The molecule has 2 atom stereocenters. The third kappa shape index (κ3) is 6.17. The summed E-state index contributed by atoms with van der Waals surface area (Å²) in [7, 11) is 6.27. The second kappa shape index (κ2) is 10.7. The number of piperazine rings is 1. The van der Waals surface area contributed by atoms with Crippen molar-refractivity contribution in [3.05, 3.63) is 29.8 Å². The van der Waals surface area contributed by atoms with Crippen molar-refractivity contribution in [2.75, 3.05) is 71.9 Å². The molecule has 2 aliphatic heterocycles. The Hall–Kier alpha value is -2.16. The predicted octanol–water partition coefficient (Wildman–Crippen LogP) is -2.38. The van der Waals surface area contributed by atoms with Gasteiger partial charge in [-0.25, -0.2) is 0 Å². The fourth-order valence-electron chi connectivity index (χ4n) is 4.22. The number of amides is 2. The Balaban J connectivity index is 1.60. The van der Waals surface area contributed by atoms with Crippen molar-refractivity contribution in [1.82, 2.24) is 10.6 Å². The molecule has 0 radical (unpaired) electrons. The van der Waals surface area contributed by atoms with Gasteiger partial charge in [0, 0.05) is 38.5 Å². The first-order valence-corrected chi connectivity index (χ1v) is 11.0. The number of hydrogen-bond acceptors (Lipinski definition) is 4. The number of ether oxygens (including phenoxy) is 1. The first-order chi connectivity index (χ1) is 14.4. The number of rotatable bonds is 7. The van der Waals surface area contributed by atoms with Crippen LogP contribution in [0.2, 0.25) is 0 Å². The maximum Gasteiger partial charge on any atom is 0.309 e. The fraction of sp³-hybridized carbons (Fsp3) is 0.636. The van der Waals surface area contributed by atoms with Crippen LogP contribution in [0.4, 0.5) is 5.69 Å². The van der Waals surface area contributed by atoms with Gasteiger partial charge in [-0.2, -0.15) is 0 Å². The molecule has 0 aliphatic carbocycles. The minimum atomic E-state index is -0.579. The molecule has 1 aromatic rings.